The Hall–Kier alpha value is -3.96. The number of imidazole rings is 1. The predicted molar refractivity (Wildman–Crippen MR) is 110 cm³/mol. The molecule has 0 aliphatic carbocycles. The molecule has 0 aromatic carbocycles. The van der Waals surface area contributed by atoms with Gasteiger partial charge in [0.2, 0.25) is 0 Å². The Morgan fingerprint density at radius 2 is 1.63 bits per heavy atom. The number of H-pyrrole nitrogens is 2. The molecule has 11 heteroatoms. The third-order valence-electron chi connectivity index (χ3n) is 4.86. The van der Waals surface area contributed by atoms with Crippen LogP contribution in [0.1, 0.15) is 0 Å². The van der Waals surface area contributed by atoms with Gasteiger partial charge in [-0.2, -0.15) is 0 Å². The Labute approximate surface area is 170 Å². The first kappa shape index (κ1) is 16.9. The molecular weight excluding hydrogens is 402 g/mol. The van der Waals surface area contributed by atoms with Gasteiger partial charge in [0.1, 0.15) is 0 Å². The Morgan fingerprint density at radius 1 is 0.833 bits per heavy atom. The van der Waals surface area contributed by atoms with Crippen molar-refractivity contribution in [3.8, 4) is 22.3 Å². The SMILES string of the molecule is [O+]#[S-](c1cnc2ccc(-c3cn[nH]c3)cn12)n1ncc2ncc(-c3cn[nH]c3)cc21. The molecule has 0 saturated heterocycles. The van der Waals surface area contributed by atoms with E-state index < -0.39 is 10.8 Å². The second-order valence-corrected chi connectivity index (χ2v) is 7.87. The molecule has 0 saturated carbocycles. The number of fused-ring (bicyclic) bond motifs is 2. The fourth-order valence-corrected chi connectivity index (χ4v) is 4.43. The number of rotatable bonds is 2. The normalized spacial score (nSPS) is 11.7. The summed E-state index contributed by atoms with van der Waals surface area (Å²) in [5, 5.41) is 18.4. The predicted octanol–water partition coefficient (Wildman–Crippen LogP) is 2.65. The van der Waals surface area contributed by atoms with E-state index in [9.17, 15) is 4.04 Å². The summed E-state index contributed by atoms with van der Waals surface area (Å²) in [6.07, 6.45) is 13.9. The van der Waals surface area contributed by atoms with E-state index in [2.05, 4.69) is 35.5 Å². The molecule has 6 heterocycles. The molecule has 6 aromatic rings. The average molecular weight is 415 g/mol. The van der Waals surface area contributed by atoms with Crippen molar-refractivity contribution in [2.45, 2.75) is 5.03 Å². The van der Waals surface area contributed by atoms with E-state index in [0.29, 0.717) is 21.7 Å². The van der Waals surface area contributed by atoms with Crippen LogP contribution in [0.15, 0.2) is 72.8 Å². The number of hydrogen-bond acceptors (Lipinski definition) is 6. The summed E-state index contributed by atoms with van der Waals surface area (Å²) in [6.45, 7) is 0. The molecule has 0 aliphatic rings. The first-order valence-corrected chi connectivity index (χ1v) is 10.1. The molecule has 6 rings (SSSR count). The zero-order chi connectivity index (χ0) is 20.1. The first-order valence-electron chi connectivity index (χ1n) is 8.99. The molecule has 0 amide bonds. The molecular formula is C19H13N9OS. The zero-order valence-corrected chi connectivity index (χ0v) is 16.1. The van der Waals surface area contributed by atoms with Gasteiger partial charge >= 0.3 is 171 Å². The molecule has 30 heavy (non-hydrogen) atoms. The van der Waals surface area contributed by atoms with Crippen molar-refractivity contribution in [1.29, 1.82) is 0 Å². The van der Waals surface area contributed by atoms with Gasteiger partial charge in [0.25, 0.3) is 0 Å². The van der Waals surface area contributed by atoms with E-state index in [4.69, 9.17) is 0 Å². The third-order valence-corrected chi connectivity index (χ3v) is 6.12. The van der Waals surface area contributed by atoms with Gasteiger partial charge in [-0.1, -0.05) is 0 Å². The summed E-state index contributed by atoms with van der Waals surface area (Å²) >= 11 is 0. The quantitative estimate of drug-likeness (QED) is 0.332. The van der Waals surface area contributed by atoms with Gasteiger partial charge in [0, 0.05) is 0 Å². The van der Waals surface area contributed by atoms with Gasteiger partial charge in [0.05, 0.1) is 0 Å². The minimum atomic E-state index is -1.62. The van der Waals surface area contributed by atoms with Crippen molar-refractivity contribution in [2.75, 3.05) is 0 Å². The molecule has 0 aliphatic heterocycles. The fourth-order valence-electron chi connectivity index (χ4n) is 3.34. The fraction of sp³-hybridized carbons (Fsp3) is 0. The number of aromatic nitrogens is 9. The van der Waals surface area contributed by atoms with Crippen LogP contribution in [0.5, 0.6) is 0 Å². The minimum absolute atomic E-state index is 0.508. The van der Waals surface area contributed by atoms with Crippen LogP contribution in [0.4, 0.5) is 0 Å². The van der Waals surface area contributed by atoms with Gasteiger partial charge in [-0.25, -0.2) is 0 Å². The second-order valence-electron chi connectivity index (χ2n) is 6.61. The van der Waals surface area contributed by atoms with E-state index in [1.807, 2.05) is 24.4 Å². The zero-order valence-electron chi connectivity index (χ0n) is 15.3. The van der Waals surface area contributed by atoms with Crippen LogP contribution >= 0.6 is 0 Å². The van der Waals surface area contributed by atoms with E-state index in [1.54, 1.807) is 47.8 Å². The van der Waals surface area contributed by atoms with Crippen molar-refractivity contribution in [1.82, 2.24) is 43.9 Å². The van der Waals surface area contributed by atoms with Crippen molar-refractivity contribution in [3.63, 3.8) is 0 Å². The molecule has 0 spiro atoms. The monoisotopic (exact) mass is 415 g/mol. The Bertz CT molecular complexity index is 1450. The molecule has 10 nitrogen and oxygen atoms in total. The number of aromatic amines is 2. The van der Waals surface area contributed by atoms with Gasteiger partial charge in [-0.05, 0) is 0 Å². The molecule has 0 bridgehead atoms. The van der Waals surface area contributed by atoms with Crippen LogP contribution in [0, 0.1) is 0 Å². The number of hydrogen-bond donors (Lipinski definition) is 2. The standard InChI is InChI=1S/C19H13N9OS/c29-30(19-10-21-18-2-1-12(11-27(18)19)14-5-22-23-6-14)28-17-3-13(15-7-24-25-8-15)4-20-16(17)9-26-28/h1-11H,(H,22,23)(H,24,25). The number of nitrogens with zero attached hydrogens (tertiary/aromatic N) is 7. The summed E-state index contributed by atoms with van der Waals surface area (Å²) in [5.41, 5.74) is 5.62. The van der Waals surface area contributed by atoms with E-state index >= 15 is 0 Å². The van der Waals surface area contributed by atoms with Crippen molar-refractivity contribution < 1.29 is 4.04 Å². The Kier molecular flexibility index (Phi) is 3.69. The van der Waals surface area contributed by atoms with Crippen molar-refractivity contribution in [3.05, 3.63) is 67.8 Å². The van der Waals surface area contributed by atoms with Crippen LogP contribution in [0.3, 0.4) is 0 Å². The maximum absolute atomic E-state index is 13.5. The summed E-state index contributed by atoms with van der Waals surface area (Å²) < 4.78 is 16.7. The van der Waals surface area contributed by atoms with Crippen LogP contribution in [-0.2, 0) is 14.9 Å². The Balaban J connectivity index is 1.48. The van der Waals surface area contributed by atoms with Gasteiger partial charge < -0.3 is 0 Å². The molecule has 2 N–H and O–H groups in total. The number of pyridine rings is 2. The van der Waals surface area contributed by atoms with Crippen LogP contribution in [0.25, 0.3) is 38.9 Å². The molecule has 0 fully saturated rings. The number of nitrogens with one attached hydrogen (secondary N) is 2. The summed E-state index contributed by atoms with van der Waals surface area (Å²) in [7, 11) is -1.62. The molecule has 0 radical (unpaired) electrons. The molecule has 146 valence electrons. The Morgan fingerprint density at radius 3 is 2.40 bits per heavy atom. The van der Waals surface area contributed by atoms with E-state index in [-0.39, 0.29) is 0 Å². The second kappa shape index (κ2) is 6.54. The van der Waals surface area contributed by atoms with Gasteiger partial charge in [-0.3, -0.25) is 0 Å². The van der Waals surface area contributed by atoms with Crippen molar-refractivity contribution >= 4 is 27.5 Å². The van der Waals surface area contributed by atoms with E-state index in [0.717, 1.165) is 22.3 Å². The maximum atomic E-state index is 13.5. The van der Waals surface area contributed by atoms with E-state index in [1.165, 1.54) is 4.09 Å². The average Bonchev–Trinajstić information content (AvgIpc) is 3.58. The topological polar surface area (TPSA) is 125 Å². The van der Waals surface area contributed by atoms with Gasteiger partial charge in [-0.15, -0.1) is 0 Å². The van der Waals surface area contributed by atoms with Gasteiger partial charge in [0.15, 0.2) is 0 Å². The first-order chi connectivity index (χ1) is 14.8. The van der Waals surface area contributed by atoms with Crippen LogP contribution in [-0.4, -0.2) is 43.9 Å². The summed E-state index contributed by atoms with van der Waals surface area (Å²) in [5.74, 6) is 0. The molecule has 6 aromatic heterocycles. The summed E-state index contributed by atoms with van der Waals surface area (Å²) in [6, 6.07) is 5.73. The van der Waals surface area contributed by atoms with Crippen LogP contribution < -0.4 is 0 Å². The molecule has 0 unspecified atom stereocenters. The summed E-state index contributed by atoms with van der Waals surface area (Å²) in [4.78, 5) is 8.83. The van der Waals surface area contributed by atoms with Crippen molar-refractivity contribution in [2.24, 2.45) is 0 Å². The van der Waals surface area contributed by atoms with Crippen LogP contribution in [0.2, 0.25) is 0 Å². The third kappa shape index (κ3) is 2.60. The molecule has 0 atom stereocenters.